The summed E-state index contributed by atoms with van der Waals surface area (Å²) in [6, 6.07) is 2.32. The van der Waals surface area contributed by atoms with Crippen LogP contribution in [0.2, 0.25) is 0 Å². The van der Waals surface area contributed by atoms with Gasteiger partial charge in [0.05, 0.1) is 12.6 Å². The summed E-state index contributed by atoms with van der Waals surface area (Å²) in [6.45, 7) is 8.75. The van der Waals surface area contributed by atoms with E-state index in [0.29, 0.717) is 24.0 Å². The number of aryl methyl sites for hydroxylation is 2. The highest BCUT2D eigenvalue weighted by atomic mass is 32.1. The summed E-state index contributed by atoms with van der Waals surface area (Å²) in [5.74, 6) is 1.04. The molecule has 0 amide bonds. The molecule has 20 heavy (non-hydrogen) atoms. The Hall–Kier alpha value is -1.82. The molecule has 2 rings (SSSR count). The highest BCUT2D eigenvalue weighted by molar-refractivity contribution is 7.12. The number of nitrogens with zero attached hydrogens (tertiary/aromatic N) is 2. The highest BCUT2D eigenvalue weighted by Crippen LogP contribution is 2.31. The van der Waals surface area contributed by atoms with Crippen LogP contribution in [0.4, 0.5) is 11.5 Å². The van der Waals surface area contributed by atoms with Crippen LogP contribution < -0.4 is 15.8 Å². The van der Waals surface area contributed by atoms with E-state index in [9.17, 15) is 0 Å². The van der Waals surface area contributed by atoms with Crippen molar-refractivity contribution in [1.82, 2.24) is 9.97 Å². The number of anilines is 2. The summed E-state index contributed by atoms with van der Waals surface area (Å²) in [7, 11) is 0. The Morgan fingerprint density at radius 3 is 2.75 bits per heavy atom. The van der Waals surface area contributed by atoms with Crippen LogP contribution in [-0.4, -0.2) is 16.6 Å². The molecule has 0 bridgehead atoms. The Morgan fingerprint density at radius 2 is 2.15 bits per heavy atom. The molecule has 2 heterocycles. The van der Waals surface area contributed by atoms with E-state index in [1.807, 2.05) is 6.92 Å². The Balaban J connectivity index is 2.21. The molecule has 0 spiro atoms. The van der Waals surface area contributed by atoms with Gasteiger partial charge in [-0.3, -0.25) is 0 Å². The summed E-state index contributed by atoms with van der Waals surface area (Å²) in [5.41, 5.74) is 7.75. The molecular formula is C14H20N4OS. The quantitative estimate of drug-likeness (QED) is 0.884. The van der Waals surface area contributed by atoms with E-state index in [-0.39, 0.29) is 6.04 Å². The number of ether oxygens (including phenoxy) is 1. The van der Waals surface area contributed by atoms with Crippen LogP contribution >= 0.6 is 11.3 Å². The van der Waals surface area contributed by atoms with Gasteiger partial charge in [0.1, 0.15) is 12.0 Å². The van der Waals surface area contributed by atoms with Crippen LogP contribution in [0.1, 0.15) is 35.2 Å². The summed E-state index contributed by atoms with van der Waals surface area (Å²) in [6.07, 6.45) is 1.46. The van der Waals surface area contributed by atoms with Crippen molar-refractivity contribution in [3.05, 3.63) is 27.7 Å². The monoisotopic (exact) mass is 292 g/mol. The number of rotatable bonds is 5. The van der Waals surface area contributed by atoms with E-state index in [4.69, 9.17) is 10.5 Å². The molecule has 0 radical (unpaired) electrons. The van der Waals surface area contributed by atoms with E-state index in [1.54, 1.807) is 11.3 Å². The van der Waals surface area contributed by atoms with Crippen LogP contribution in [0.25, 0.3) is 0 Å². The summed E-state index contributed by atoms with van der Waals surface area (Å²) < 4.78 is 5.38. The fourth-order valence-corrected chi connectivity index (χ4v) is 3.13. The predicted octanol–water partition coefficient (Wildman–Crippen LogP) is 3.31. The van der Waals surface area contributed by atoms with Crippen molar-refractivity contribution in [2.75, 3.05) is 17.7 Å². The normalized spacial score (nSPS) is 12.2. The van der Waals surface area contributed by atoms with E-state index in [2.05, 4.69) is 42.1 Å². The molecule has 6 heteroatoms. The zero-order valence-corrected chi connectivity index (χ0v) is 13.0. The molecule has 2 aromatic rings. The molecule has 0 saturated heterocycles. The van der Waals surface area contributed by atoms with Gasteiger partial charge >= 0.3 is 0 Å². The van der Waals surface area contributed by atoms with Gasteiger partial charge in [0.25, 0.3) is 0 Å². The third-order valence-corrected chi connectivity index (χ3v) is 4.01. The zero-order valence-electron chi connectivity index (χ0n) is 12.2. The van der Waals surface area contributed by atoms with Gasteiger partial charge in [-0.15, -0.1) is 11.3 Å². The van der Waals surface area contributed by atoms with Gasteiger partial charge in [-0.05, 0) is 39.3 Å². The first-order chi connectivity index (χ1) is 9.52. The minimum Gasteiger partial charge on any atom is -0.476 e. The van der Waals surface area contributed by atoms with Gasteiger partial charge in [0.15, 0.2) is 5.82 Å². The maximum Gasteiger partial charge on any atom is 0.242 e. The van der Waals surface area contributed by atoms with Crippen molar-refractivity contribution in [2.24, 2.45) is 0 Å². The molecule has 2 aromatic heterocycles. The van der Waals surface area contributed by atoms with Crippen LogP contribution in [-0.2, 0) is 0 Å². The van der Waals surface area contributed by atoms with E-state index in [0.717, 1.165) is 0 Å². The molecule has 1 atom stereocenters. The van der Waals surface area contributed by atoms with Crippen molar-refractivity contribution in [1.29, 1.82) is 0 Å². The van der Waals surface area contributed by atoms with Crippen molar-refractivity contribution in [2.45, 2.75) is 33.7 Å². The van der Waals surface area contributed by atoms with Gasteiger partial charge in [-0.25, -0.2) is 4.98 Å². The van der Waals surface area contributed by atoms with Crippen LogP contribution in [0.5, 0.6) is 5.88 Å². The minimum absolute atomic E-state index is 0.131. The average molecular weight is 292 g/mol. The minimum atomic E-state index is 0.131. The van der Waals surface area contributed by atoms with Gasteiger partial charge in [0.2, 0.25) is 5.88 Å². The maximum absolute atomic E-state index is 6.03. The molecule has 1 unspecified atom stereocenters. The molecule has 108 valence electrons. The maximum atomic E-state index is 6.03. The summed E-state index contributed by atoms with van der Waals surface area (Å²) in [5, 5.41) is 3.33. The lowest BCUT2D eigenvalue weighted by Crippen LogP contribution is -2.11. The van der Waals surface area contributed by atoms with E-state index in [1.165, 1.54) is 21.6 Å². The molecule has 0 aliphatic heterocycles. The molecule has 0 aliphatic carbocycles. The number of hydrogen-bond acceptors (Lipinski definition) is 6. The van der Waals surface area contributed by atoms with Gasteiger partial charge < -0.3 is 15.8 Å². The highest BCUT2D eigenvalue weighted by Gasteiger charge is 2.15. The largest absolute Gasteiger partial charge is 0.476 e. The van der Waals surface area contributed by atoms with Crippen molar-refractivity contribution in [3.63, 3.8) is 0 Å². The summed E-state index contributed by atoms with van der Waals surface area (Å²) >= 11 is 1.79. The number of hydrogen-bond donors (Lipinski definition) is 2. The number of nitrogens with two attached hydrogens (primary N) is 1. The van der Waals surface area contributed by atoms with E-state index < -0.39 is 0 Å². The zero-order chi connectivity index (χ0) is 14.7. The Labute approximate surface area is 123 Å². The van der Waals surface area contributed by atoms with Crippen molar-refractivity contribution in [3.8, 4) is 5.88 Å². The van der Waals surface area contributed by atoms with Crippen molar-refractivity contribution >= 4 is 22.8 Å². The third-order valence-electron chi connectivity index (χ3n) is 3.03. The third kappa shape index (κ3) is 3.01. The van der Waals surface area contributed by atoms with E-state index >= 15 is 0 Å². The molecular weight excluding hydrogens is 272 g/mol. The van der Waals surface area contributed by atoms with Crippen LogP contribution in [0.15, 0.2) is 12.4 Å². The molecule has 0 aromatic carbocycles. The second-order valence-corrected chi connectivity index (χ2v) is 6.07. The Morgan fingerprint density at radius 1 is 1.40 bits per heavy atom. The molecule has 3 N–H and O–H groups in total. The fraction of sp³-hybridized carbons (Fsp3) is 0.429. The molecule has 0 aliphatic rings. The van der Waals surface area contributed by atoms with Crippen LogP contribution in [0.3, 0.4) is 0 Å². The van der Waals surface area contributed by atoms with Crippen molar-refractivity contribution < 1.29 is 4.74 Å². The molecule has 0 saturated carbocycles. The lowest BCUT2D eigenvalue weighted by atomic mass is 10.1. The number of nitrogen functional groups attached to an aromatic ring is 1. The lowest BCUT2D eigenvalue weighted by molar-refractivity contribution is 0.328. The van der Waals surface area contributed by atoms with Gasteiger partial charge in [0, 0.05) is 9.75 Å². The smallest absolute Gasteiger partial charge is 0.242 e. The Kier molecular flexibility index (Phi) is 4.44. The SMILES string of the molecule is CCOc1ncnc(NC(C)c2cc(C)sc2C)c1N. The summed E-state index contributed by atoms with van der Waals surface area (Å²) in [4.78, 5) is 10.8. The first-order valence-electron chi connectivity index (χ1n) is 6.59. The first kappa shape index (κ1) is 14.6. The standard InChI is InChI=1S/C14H20N4OS/c1-5-19-14-12(15)13(16-7-17-14)18-9(3)11-6-8(2)20-10(11)4/h6-7,9H,5,15H2,1-4H3,(H,16,17,18). The Bertz CT molecular complexity index is 597. The first-order valence-corrected chi connectivity index (χ1v) is 7.41. The second-order valence-electron chi connectivity index (χ2n) is 4.61. The topological polar surface area (TPSA) is 73.1 Å². The number of nitrogens with one attached hydrogen (secondary N) is 1. The predicted molar refractivity (Wildman–Crippen MR) is 83.4 cm³/mol. The van der Waals surface area contributed by atoms with Gasteiger partial charge in [-0.2, -0.15) is 4.98 Å². The number of thiophene rings is 1. The number of aromatic nitrogens is 2. The van der Waals surface area contributed by atoms with Crippen LogP contribution in [0, 0.1) is 13.8 Å². The lowest BCUT2D eigenvalue weighted by Gasteiger charge is -2.16. The fourth-order valence-electron chi connectivity index (χ4n) is 2.11. The second kappa shape index (κ2) is 6.09. The average Bonchev–Trinajstić information content (AvgIpc) is 2.73. The molecule has 5 nitrogen and oxygen atoms in total. The van der Waals surface area contributed by atoms with Gasteiger partial charge in [-0.1, -0.05) is 0 Å². The molecule has 0 fully saturated rings.